The first-order valence-corrected chi connectivity index (χ1v) is 6.18. The second kappa shape index (κ2) is 5.41. The fourth-order valence-corrected chi connectivity index (χ4v) is 2.89. The monoisotopic (exact) mass is 235 g/mol. The Labute approximate surface area is 96.6 Å². The summed E-state index contributed by atoms with van der Waals surface area (Å²) in [5, 5.41) is 8.52. The summed E-state index contributed by atoms with van der Waals surface area (Å²) in [4.78, 5) is 1.77. The molecule has 4 heteroatoms. The molecule has 0 aromatic rings. The van der Waals surface area contributed by atoms with Crippen molar-refractivity contribution in [1.82, 2.24) is 4.90 Å². The Morgan fingerprint density at radius 1 is 1.19 bits per heavy atom. The average molecular weight is 235 g/mol. The van der Waals surface area contributed by atoms with Gasteiger partial charge in [0.1, 0.15) is 6.61 Å². The van der Waals surface area contributed by atoms with E-state index in [9.17, 15) is 8.78 Å². The van der Waals surface area contributed by atoms with E-state index >= 15 is 0 Å². The fraction of sp³-hybridized carbons (Fsp3) is 1.00. The summed E-state index contributed by atoms with van der Waals surface area (Å²) in [7, 11) is 0. The summed E-state index contributed by atoms with van der Waals surface area (Å²) in [5.74, 6) is -2.94. The Kier molecular flexibility index (Phi) is 4.68. The van der Waals surface area contributed by atoms with E-state index in [0.29, 0.717) is 0 Å². The van der Waals surface area contributed by atoms with Crippen molar-refractivity contribution in [2.24, 2.45) is 5.41 Å². The van der Waals surface area contributed by atoms with Crippen molar-refractivity contribution < 1.29 is 13.9 Å². The highest BCUT2D eigenvalue weighted by Gasteiger charge is 2.44. The van der Waals surface area contributed by atoms with Gasteiger partial charge in [0.15, 0.2) is 0 Å². The van der Waals surface area contributed by atoms with Crippen molar-refractivity contribution in [3.63, 3.8) is 0 Å². The molecule has 0 unspecified atom stereocenters. The molecule has 0 saturated carbocycles. The van der Waals surface area contributed by atoms with E-state index in [0.717, 1.165) is 38.8 Å². The summed E-state index contributed by atoms with van der Waals surface area (Å²) in [6.07, 6.45) is 4.48. The Morgan fingerprint density at radius 3 is 2.06 bits per heavy atom. The number of hydrogen-bond acceptors (Lipinski definition) is 2. The number of likely N-dealkylation sites (tertiary alicyclic amines) is 1. The summed E-state index contributed by atoms with van der Waals surface area (Å²) in [6.45, 7) is 4.48. The zero-order chi connectivity index (χ0) is 12.2. The molecule has 0 amide bonds. The standard InChI is InChI=1S/C12H23F2NO/c1-3-5-11(6-4-2)7-15(8-11)9-12(13,14)10-16/h16H,3-10H2,1-2H3. The number of halogens is 2. The molecule has 16 heavy (non-hydrogen) atoms. The van der Waals surface area contributed by atoms with Crippen LogP contribution in [0.5, 0.6) is 0 Å². The second-order valence-corrected chi connectivity index (χ2v) is 5.16. The van der Waals surface area contributed by atoms with Gasteiger partial charge in [0.05, 0.1) is 6.54 Å². The predicted octanol–water partition coefficient (Wildman–Crippen LogP) is 2.52. The molecule has 96 valence electrons. The molecule has 0 aliphatic carbocycles. The van der Waals surface area contributed by atoms with Crippen LogP contribution in [-0.2, 0) is 0 Å². The van der Waals surface area contributed by atoms with Gasteiger partial charge in [0, 0.05) is 13.1 Å². The number of nitrogens with zero attached hydrogens (tertiary/aromatic N) is 1. The van der Waals surface area contributed by atoms with E-state index < -0.39 is 12.5 Å². The molecule has 0 radical (unpaired) electrons. The minimum Gasteiger partial charge on any atom is -0.390 e. The first-order valence-electron chi connectivity index (χ1n) is 6.18. The van der Waals surface area contributed by atoms with Crippen molar-refractivity contribution in [2.75, 3.05) is 26.2 Å². The lowest BCUT2D eigenvalue weighted by Gasteiger charge is -2.51. The van der Waals surface area contributed by atoms with Gasteiger partial charge in [-0.2, -0.15) is 0 Å². The first-order chi connectivity index (χ1) is 7.47. The Hall–Kier alpha value is -0.220. The molecule has 0 aromatic heterocycles. The highest BCUT2D eigenvalue weighted by molar-refractivity contribution is 4.95. The number of aliphatic hydroxyl groups excluding tert-OH is 1. The quantitative estimate of drug-likeness (QED) is 0.733. The van der Waals surface area contributed by atoms with Crippen LogP contribution in [0.3, 0.4) is 0 Å². The van der Waals surface area contributed by atoms with Gasteiger partial charge in [-0.3, -0.25) is 4.90 Å². The van der Waals surface area contributed by atoms with Crippen LogP contribution in [0.2, 0.25) is 0 Å². The molecule has 1 N–H and O–H groups in total. The zero-order valence-electron chi connectivity index (χ0n) is 10.3. The van der Waals surface area contributed by atoms with E-state index in [1.807, 2.05) is 0 Å². The predicted molar refractivity (Wildman–Crippen MR) is 60.7 cm³/mol. The van der Waals surface area contributed by atoms with Crippen molar-refractivity contribution in [3.8, 4) is 0 Å². The third kappa shape index (κ3) is 3.39. The molecule has 0 aromatic carbocycles. The Balaban J connectivity index is 2.38. The molecule has 1 fully saturated rings. The van der Waals surface area contributed by atoms with E-state index in [-0.39, 0.29) is 12.0 Å². The van der Waals surface area contributed by atoms with Crippen molar-refractivity contribution >= 4 is 0 Å². The molecule has 1 saturated heterocycles. The van der Waals surface area contributed by atoms with Gasteiger partial charge < -0.3 is 5.11 Å². The van der Waals surface area contributed by atoms with Crippen molar-refractivity contribution in [3.05, 3.63) is 0 Å². The Bertz CT molecular complexity index is 207. The van der Waals surface area contributed by atoms with Gasteiger partial charge in [-0.1, -0.05) is 26.7 Å². The number of aliphatic hydroxyl groups is 1. The topological polar surface area (TPSA) is 23.5 Å². The molecule has 0 atom stereocenters. The molecule has 1 aliphatic heterocycles. The van der Waals surface area contributed by atoms with Crippen molar-refractivity contribution in [1.29, 1.82) is 0 Å². The molecule has 1 heterocycles. The lowest BCUT2D eigenvalue weighted by Crippen LogP contribution is -2.59. The molecular formula is C12H23F2NO. The van der Waals surface area contributed by atoms with E-state index in [1.54, 1.807) is 4.90 Å². The normalized spacial score (nSPS) is 20.8. The van der Waals surface area contributed by atoms with Crippen LogP contribution in [0.1, 0.15) is 39.5 Å². The maximum absolute atomic E-state index is 13.0. The third-order valence-corrected chi connectivity index (χ3v) is 3.36. The number of alkyl halides is 2. The maximum Gasteiger partial charge on any atom is 0.283 e. The highest BCUT2D eigenvalue weighted by Crippen LogP contribution is 2.40. The maximum atomic E-state index is 13.0. The smallest absolute Gasteiger partial charge is 0.283 e. The average Bonchev–Trinajstić information content (AvgIpc) is 2.16. The van der Waals surface area contributed by atoms with E-state index in [1.165, 1.54) is 0 Å². The number of rotatable bonds is 7. The minimum absolute atomic E-state index is 0.273. The van der Waals surface area contributed by atoms with E-state index in [4.69, 9.17) is 5.11 Å². The van der Waals surface area contributed by atoms with Crippen molar-refractivity contribution in [2.45, 2.75) is 45.5 Å². The van der Waals surface area contributed by atoms with Gasteiger partial charge in [0.25, 0.3) is 5.92 Å². The Morgan fingerprint density at radius 2 is 1.69 bits per heavy atom. The van der Waals surface area contributed by atoms with E-state index in [2.05, 4.69) is 13.8 Å². The summed E-state index contributed by atoms with van der Waals surface area (Å²) >= 11 is 0. The molecule has 0 spiro atoms. The largest absolute Gasteiger partial charge is 0.390 e. The number of hydrogen-bond donors (Lipinski definition) is 1. The second-order valence-electron chi connectivity index (χ2n) is 5.16. The molecule has 1 aliphatic rings. The van der Waals surface area contributed by atoms with Crippen LogP contribution in [0, 0.1) is 5.41 Å². The third-order valence-electron chi connectivity index (χ3n) is 3.36. The zero-order valence-corrected chi connectivity index (χ0v) is 10.3. The first kappa shape index (κ1) is 13.8. The molecule has 2 nitrogen and oxygen atoms in total. The minimum atomic E-state index is -2.94. The summed E-state index contributed by atoms with van der Waals surface area (Å²) < 4.78 is 25.9. The SMILES string of the molecule is CCCC1(CCC)CN(CC(F)(F)CO)C1. The lowest BCUT2D eigenvalue weighted by molar-refractivity contribution is -0.115. The van der Waals surface area contributed by atoms with Gasteiger partial charge >= 0.3 is 0 Å². The van der Waals surface area contributed by atoms with Crippen LogP contribution in [0.15, 0.2) is 0 Å². The summed E-state index contributed by atoms with van der Waals surface area (Å²) in [5.41, 5.74) is 0.273. The lowest BCUT2D eigenvalue weighted by atomic mass is 9.72. The molecule has 0 bridgehead atoms. The van der Waals surface area contributed by atoms with Gasteiger partial charge in [-0.15, -0.1) is 0 Å². The summed E-state index contributed by atoms with van der Waals surface area (Å²) in [6, 6.07) is 0. The van der Waals surface area contributed by atoms with Gasteiger partial charge in [-0.05, 0) is 18.3 Å². The van der Waals surface area contributed by atoms with Gasteiger partial charge in [-0.25, -0.2) is 8.78 Å². The van der Waals surface area contributed by atoms with Crippen LogP contribution in [-0.4, -0.2) is 42.2 Å². The van der Waals surface area contributed by atoms with Crippen LogP contribution in [0.4, 0.5) is 8.78 Å². The molecular weight excluding hydrogens is 212 g/mol. The fourth-order valence-electron chi connectivity index (χ4n) is 2.89. The van der Waals surface area contributed by atoms with Gasteiger partial charge in [0.2, 0.25) is 0 Å². The van der Waals surface area contributed by atoms with Crippen LogP contribution < -0.4 is 0 Å². The van der Waals surface area contributed by atoms with Crippen LogP contribution in [0.25, 0.3) is 0 Å². The van der Waals surface area contributed by atoms with Crippen LogP contribution >= 0.6 is 0 Å². The molecule has 1 rings (SSSR count). The highest BCUT2D eigenvalue weighted by atomic mass is 19.3.